The van der Waals surface area contributed by atoms with Crippen molar-refractivity contribution in [2.24, 2.45) is 5.92 Å². The van der Waals surface area contributed by atoms with E-state index in [1.54, 1.807) is 24.4 Å². The number of amides is 2. The lowest BCUT2D eigenvalue weighted by molar-refractivity contribution is -0.124. The van der Waals surface area contributed by atoms with Gasteiger partial charge in [-0.1, -0.05) is 17.7 Å². The number of hydrogen-bond acceptors (Lipinski definition) is 6. The molecule has 9 heteroatoms. The first kappa shape index (κ1) is 23.0. The zero-order chi connectivity index (χ0) is 23.4. The molecule has 2 aliphatic rings. The van der Waals surface area contributed by atoms with Crippen molar-refractivity contribution >= 4 is 35.1 Å². The number of pyridine rings is 1. The molecule has 1 aliphatic carbocycles. The lowest BCUT2D eigenvalue weighted by Crippen LogP contribution is -2.50. The lowest BCUT2D eigenvalue weighted by Gasteiger charge is -2.35. The van der Waals surface area contributed by atoms with Crippen LogP contribution in [0.2, 0.25) is 5.02 Å². The quantitative estimate of drug-likeness (QED) is 0.603. The van der Waals surface area contributed by atoms with Gasteiger partial charge < -0.3 is 20.3 Å². The maximum absolute atomic E-state index is 12.8. The maximum atomic E-state index is 12.8. The van der Waals surface area contributed by atoms with Gasteiger partial charge in [0.05, 0.1) is 23.4 Å². The number of ether oxygens (including phenoxy) is 1. The van der Waals surface area contributed by atoms with E-state index in [4.69, 9.17) is 16.3 Å². The van der Waals surface area contributed by atoms with Crippen LogP contribution in [0, 0.1) is 5.92 Å². The third kappa shape index (κ3) is 5.11. The highest BCUT2D eigenvalue weighted by atomic mass is 35.5. The van der Waals surface area contributed by atoms with Crippen molar-refractivity contribution in [3.63, 3.8) is 0 Å². The molecule has 0 unspecified atom stereocenters. The van der Waals surface area contributed by atoms with Crippen molar-refractivity contribution < 1.29 is 19.1 Å². The van der Waals surface area contributed by atoms with Crippen LogP contribution in [0.1, 0.15) is 46.4 Å². The average Bonchev–Trinajstić information content (AvgIpc) is 3.63. The van der Waals surface area contributed by atoms with E-state index in [0.717, 1.165) is 31.6 Å². The summed E-state index contributed by atoms with van der Waals surface area (Å²) < 4.78 is 4.90. The second-order valence-electron chi connectivity index (χ2n) is 8.54. The Labute approximate surface area is 197 Å². The van der Waals surface area contributed by atoms with Crippen LogP contribution in [-0.4, -0.2) is 55.1 Å². The summed E-state index contributed by atoms with van der Waals surface area (Å²) in [7, 11) is 1.34. The van der Waals surface area contributed by atoms with Crippen LogP contribution in [0.15, 0.2) is 42.7 Å². The van der Waals surface area contributed by atoms with Crippen molar-refractivity contribution in [1.82, 2.24) is 15.6 Å². The number of esters is 1. The number of methoxy groups -OCH3 is 1. The van der Waals surface area contributed by atoms with Gasteiger partial charge in [-0.15, -0.1) is 0 Å². The predicted molar refractivity (Wildman–Crippen MR) is 124 cm³/mol. The van der Waals surface area contributed by atoms with E-state index in [0.29, 0.717) is 41.5 Å². The molecule has 2 heterocycles. The van der Waals surface area contributed by atoms with Gasteiger partial charge in [0.25, 0.3) is 5.91 Å². The summed E-state index contributed by atoms with van der Waals surface area (Å²) in [6.07, 6.45) is 6.08. The van der Waals surface area contributed by atoms with Gasteiger partial charge in [-0.25, -0.2) is 4.79 Å². The first-order chi connectivity index (χ1) is 15.9. The minimum absolute atomic E-state index is 0.134. The number of rotatable bonds is 7. The van der Waals surface area contributed by atoms with Crippen LogP contribution >= 0.6 is 11.6 Å². The van der Waals surface area contributed by atoms with E-state index in [-0.39, 0.29) is 11.8 Å². The number of carbonyl (C=O) groups is 3. The summed E-state index contributed by atoms with van der Waals surface area (Å²) in [5.74, 6) is -0.555. The maximum Gasteiger partial charge on any atom is 0.341 e. The molecule has 1 saturated carbocycles. The van der Waals surface area contributed by atoms with Crippen molar-refractivity contribution in [2.45, 2.75) is 31.2 Å². The molecule has 0 bridgehead atoms. The Morgan fingerprint density at radius 3 is 2.58 bits per heavy atom. The highest BCUT2D eigenvalue weighted by molar-refractivity contribution is 6.34. The Bertz CT molecular complexity index is 1030. The molecule has 0 radical (unpaired) electrons. The second-order valence-corrected chi connectivity index (χ2v) is 8.95. The van der Waals surface area contributed by atoms with E-state index >= 15 is 0 Å². The number of nitrogens with zero attached hydrogens (tertiary/aromatic N) is 2. The largest absolute Gasteiger partial charge is 0.465 e. The van der Waals surface area contributed by atoms with Crippen LogP contribution < -0.4 is 15.5 Å². The van der Waals surface area contributed by atoms with E-state index < -0.39 is 11.5 Å². The Morgan fingerprint density at radius 1 is 1.18 bits per heavy atom. The van der Waals surface area contributed by atoms with Crippen LogP contribution in [0.25, 0.3) is 0 Å². The van der Waals surface area contributed by atoms with Gasteiger partial charge in [0.1, 0.15) is 11.1 Å². The molecule has 8 nitrogen and oxygen atoms in total. The van der Waals surface area contributed by atoms with Crippen molar-refractivity contribution in [2.75, 3.05) is 31.6 Å². The fourth-order valence-corrected chi connectivity index (χ4v) is 4.43. The van der Waals surface area contributed by atoms with Crippen LogP contribution in [0.5, 0.6) is 0 Å². The number of piperidine rings is 1. The standard InChI is InChI=1S/C24H27ClN4O4/c1-33-22(31)20-18(25)5-2-6-19(20)29-12-7-16(8-13-29)14-27-23(32)24(9-10-24)28-21(30)17-4-3-11-26-15-17/h2-6,11,15-16H,7-10,12-14H2,1H3,(H,27,32)(H,28,30). The van der Waals surface area contributed by atoms with Gasteiger partial charge in [0, 0.05) is 32.0 Å². The molecule has 4 rings (SSSR count). The molecule has 0 spiro atoms. The van der Waals surface area contributed by atoms with Crippen LogP contribution in [-0.2, 0) is 9.53 Å². The third-order valence-electron chi connectivity index (χ3n) is 6.35. The zero-order valence-corrected chi connectivity index (χ0v) is 19.2. The fourth-order valence-electron chi connectivity index (χ4n) is 4.19. The summed E-state index contributed by atoms with van der Waals surface area (Å²) in [6.45, 7) is 2.04. The monoisotopic (exact) mass is 470 g/mol. The molecule has 0 atom stereocenters. The lowest BCUT2D eigenvalue weighted by atomic mass is 9.95. The number of benzene rings is 1. The van der Waals surface area contributed by atoms with Crippen LogP contribution in [0.3, 0.4) is 0 Å². The van der Waals surface area contributed by atoms with Crippen molar-refractivity contribution in [3.8, 4) is 0 Å². The fraction of sp³-hybridized carbons (Fsp3) is 0.417. The first-order valence-electron chi connectivity index (χ1n) is 11.1. The molecule has 33 heavy (non-hydrogen) atoms. The molecule has 1 aliphatic heterocycles. The van der Waals surface area contributed by atoms with Gasteiger partial charge >= 0.3 is 5.97 Å². The number of carbonyl (C=O) groups excluding carboxylic acids is 3. The van der Waals surface area contributed by atoms with Gasteiger partial charge in [-0.3, -0.25) is 14.6 Å². The number of aromatic nitrogens is 1. The molecule has 1 aromatic heterocycles. The van der Waals surface area contributed by atoms with Gasteiger partial charge in [-0.05, 0) is 55.9 Å². The highest BCUT2D eigenvalue weighted by Crippen LogP contribution is 2.36. The molecular weight excluding hydrogens is 444 g/mol. The topological polar surface area (TPSA) is 101 Å². The smallest absolute Gasteiger partial charge is 0.341 e. The first-order valence-corrected chi connectivity index (χ1v) is 11.4. The Balaban J connectivity index is 1.29. The van der Waals surface area contributed by atoms with Crippen molar-refractivity contribution in [3.05, 3.63) is 58.9 Å². The minimum atomic E-state index is -0.816. The zero-order valence-electron chi connectivity index (χ0n) is 18.5. The highest BCUT2D eigenvalue weighted by Gasteiger charge is 2.51. The molecular formula is C24H27ClN4O4. The van der Waals surface area contributed by atoms with Crippen molar-refractivity contribution in [1.29, 1.82) is 0 Å². The minimum Gasteiger partial charge on any atom is -0.465 e. The molecule has 1 aromatic carbocycles. The van der Waals surface area contributed by atoms with E-state index in [9.17, 15) is 14.4 Å². The molecule has 2 aromatic rings. The summed E-state index contributed by atoms with van der Waals surface area (Å²) in [5.41, 5.74) is 0.778. The summed E-state index contributed by atoms with van der Waals surface area (Å²) in [6, 6.07) is 8.75. The normalized spacial score (nSPS) is 17.2. The second kappa shape index (κ2) is 9.79. The Morgan fingerprint density at radius 2 is 1.94 bits per heavy atom. The molecule has 2 N–H and O–H groups in total. The molecule has 2 amide bonds. The number of anilines is 1. The summed E-state index contributed by atoms with van der Waals surface area (Å²) in [4.78, 5) is 43.5. The predicted octanol–water partition coefficient (Wildman–Crippen LogP) is 2.82. The molecule has 1 saturated heterocycles. The van der Waals surface area contributed by atoms with Gasteiger partial charge in [-0.2, -0.15) is 0 Å². The number of nitrogens with one attached hydrogen (secondary N) is 2. The Kier molecular flexibility index (Phi) is 6.83. The average molecular weight is 471 g/mol. The van der Waals surface area contributed by atoms with E-state index in [2.05, 4.69) is 20.5 Å². The number of hydrogen-bond donors (Lipinski definition) is 2. The summed E-state index contributed by atoms with van der Waals surface area (Å²) in [5, 5.41) is 6.28. The van der Waals surface area contributed by atoms with Gasteiger partial charge in [0.2, 0.25) is 5.91 Å². The third-order valence-corrected chi connectivity index (χ3v) is 6.66. The van der Waals surface area contributed by atoms with Crippen LogP contribution in [0.4, 0.5) is 5.69 Å². The van der Waals surface area contributed by atoms with Gasteiger partial charge in [0.15, 0.2) is 0 Å². The van der Waals surface area contributed by atoms with E-state index in [1.807, 2.05) is 12.1 Å². The molecule has 2 fully saturated rings. The SMILES string of the molecule is COC(=O)c1c(Cl)cccc1N1CCC(CNC(=O)C2(NC(=O)c3cccnc3)CC2)CC1. The van der Waals surface area contributed by atoms with E-state index in [1.165, 1.54) is 13.3 Å². The molecule has 174 valence electrons. The Hall–Kier alpha value is -3.13. The summed E-state index contributed by atoms with van der Waals surface area (Å²) >= 11 is 6.25. The number of halogens is 1.